The van der Waals surface area contributed by atoms with Crippen molar-refractivity contribution in [2.75, 3.05) is 19.8 Å². The minimum absolute atomic E-state index is 0.00342. The third kappa shape index (κ3) is 17.6. The molecule has 0 saturated carbocycles. The van der Waals surface area contributed by atoms with Crippen LogP contribution in [0.1, 0.15) is 46.1 Å². The topological polar surface area (TPSA) is 405 Å². The van der Waals surface area contributed by atoms with Gasteiger partial charge in [-0.3, -0.25) is 38.4 Å². The lowest BCUT2D eigenvalue weighted by molar-refractivity contribution is -0.143. The highest BCUT2D eigenvalue weighted by Gasteiger charge is 2.36. The van der Waals surface area contributed by atoms with Crippen molar-refractivity contribution in [2.45, 2.75) is 108 Å². The molecule has 0 heterocycles. The van der Waals surface area contributed by atoms with E-state index in [0.717, 1.165) is 13.8 Å². The fourth-order valence-corrected chi connectivity index (χ4v) is 5.28. The smallest absolute Gasteiger partial charge is 0.328 e. The van der Waals surface area contributed by atoms with E-state index in [2.05, 4.69) is 26.6 Å². The molecule has 24 nitrogen and oxygen atoms in total. The summed E-state index contributed by atoms with van der Waals surface area (Å²) in [5.41, 5.74) is 5.98. The van der Waals surface area contributed by atoms with E-state index in [0.29, 0.717) is 5.56 Å². The highest BCUT2D eigenvalue weighted by molar-refractivity contribution is 5.98. The molecule has 10 atom stereocenters. The van der Waals surface area contributed by atoms with Crippen LogP contribution in [0.15, 0.2) is 30.3 Å². The largest absolute Gasteiger partial charge is 0.481 e. The molecular formula is C36H56N8O16. The third-order valence-corrected chi connectivity index (χ3v) is 8.54. The number of benzene rings is 1. The van der Waals surface area contributed by atoms with Gasteiger partial charge in [-0.2, -0.15) is 0 Å². The monoisotopic (exact) mass is 856 g/mol. The van der Waals surface area contributed by atoms with Crippen LogP contribution in [0.25, 0.3) is 0 Å². The van der Waals surface area contributed by atoms with Gasteiger partial charge in [0.05, 0.1) is 44.5 Å². The Kier molecular flexibility index (Phi) is 22.3. The lowest BCUT2D eigenvalue weighted by atomic mass is 10.0. The second-order valence-corrected chi connectivity index (χ2v) is 14.2. The van der Waals surface area contributed by atoms with Gasteiger partial charge in [0.25, 0.3) is 0 Å². The Morgan fingerprint density at radius 2 is 0.917 bits per heavy atom. The second-order valence-electron chi connectivity index (χ2n) is 14.2. The Labute approximate surface area is 344 Å². The van der Waals surface area contributed by atoms with Crippen LogP contribution in [0.2, 0.25) is 0 Å². The standard InChI is InChI=1S/C36H56N8O16/c1-16(2)10-21(30(53)42-25(15-47)36(59)60)38-31(54)22(11-19-8-6-5-7-9-19)39-34(57)27(17(3)48)43-33(56)24(14-46)41-35(58)28(18(4)49)44-32(55)23(13-45)40-29(52)20(37)12-26(50)51/h5-9,16-18,20-25,27-28,45-49H,10-15,37H2,1-4H3,(H,38,54)(H,39,57)(H,40,52)(H,41,58)(H,42,53)(H,43,56)(H,44,55)(H,50,51)(H,59,60)/t17-,18-,20+,21+,22+,23+,24+,25+,27+,28+/m1/s1. The molecular weight excluding hydrogens is 800 g/mol. The van der Waals surface area contributed by atoms with E-state index in [9.17, 15) is 73.8 Å². The molecule has 0 unspecified atom stereocenters. The predicted octanol–water partition coefficient (Wildman–Crippen LogP) is -6.71. The maximum Gasteiger partial charge on any atom is 0.328 e. The lowest BCUT2D eigenvalue weighted by Crippen LogP contribution is -2.63. The second kappa shape index (κ2) is 25.6. The molecule has 0 saturated heterocycles. The minimum atomic E-state index is -1.90. The highest BCUT2D eigenvalue weighted by atomic mass is 16.4. The van der Waals surface area contributed by atoms with Gasteiger partial charge in [-0.1, -0.05) is 44.2 Å². The molecule has 0 aromatic heterocycles. The zero-order valence-electron chi connectivity index (χ0n) is 33.4. The van der Waals surface area contributed by atoms with Crippen LogP contribution in [-0.2, 0) is 49.6 Å². The summed E-state index contributed by atoms with van der Waals surface area (Å²) in [6.45, 7) is 2.43. The van der Waals surface area contributed by atoms with Gasteiger partial charge in [0, 0.05) is 6.42 Å². The van der Waals surface area contributed by atoms with Crippen LogP contribution < -0.4 is 43.0 Å². The summed E-state index contributed by atoms with van der Waals surface area (Å²) in [5.74, 6) is -11.2. The number of hydrogen-bond acceptors (Lipinski definition) is 15. The van der Waals surface area contributed by atoms with E-state index in [1.165, 1.54) is 0 Å². The number of nitrogens with two attached hydrogens (primary N) is 1. The molecule has 1 aromatic rings. The minimum Gasteiger partial charge on any atom is -0.481 e. The molecule has 0 spiro atoms. The van der Waals surface area contributed by atoms with E-state index in [1.807, 2.05) is 10.6 Å². The lowest BCUT2D eigenvalue weighted by Gasteiger charge is -2.29. The number of aliphatic hydroxyl groups excluding tert-OH is 5. The Bertz CT molecular complexity index is 1650. The first-order valence-corrected chi connectivity index (χ1v) is 18.6. The van der Waals surface area contributed by atoms with Crippen molar-refractivity contribution in [1.82, 2.24) is 37.2 Å². The molecule has 0 aliphatic heterocycles. The number of carboxylic acid groups (broad SMARTS) is 2. The average molecular weight is 857 g/mol. The predicted molar refractivity (Wildman–Crippen MR) is 206 cm³/mol. The zero-order valence-corrected chi connectivity index (χ0v) is 33.4. The van der Waals surface area contributed by atoms with Gasteiger partial charge in [0.15, 0.2) is 0 Å². The highest BCUT2D eigenvalue weighted by Crippen LogP contribution is 2.10. The quantitative estimate of drug-likeness (QED) is 0.0412. The third-order valence-electron chi connectivity index (χ3n) is 8.54. The molecule has 24 heteroatoms. The van der Waals surface area contributed by atoms with Gasteiger partial charge in [-0.25, -0.2) is 4.79 Å². The molecule has 0 fully saturated rings. The molecule has 16 N–H and O–H groups in total. The van der Waals surface area contributed by atoms with Gasteiger partial charge in [0.1, 0.15) is 42.3 Å². The van der Waals surface area contributed by atoms with Crippen molar-refractivity contribution in [3.8, 4) is 0 Å². The summed E-state index contributed by atoms with van der Waals surface area (Å²) >= 11 is 0. The molecule has 0 radical (unpaired) electrons. The summed E-state index contributed by atoms with van der Waals surface area (Å²) in [4.78, 5) is 114. The number of aliphatic hydroxyl groups is 5. The zero-order chi connectivity index (χ0) is 45.9. The number of nitrogens with one attached hydrogen (secondary N) is 7. The molecule has 0 bridgehead atoms. The number of amides is 7. The first-order valence-electron chi connectivity index (χ1n) is 18.6. The van der Waals surface area contributed by atoms with Crippen LogP contribution in [0.4, 0.5) is 0 Å². The van der Waals surface area contributed by atoms with E-state index in [-0.39, 0.29) is 18.8 Å². The molecule has 60 heavy (non-hydrogen) atoms. The normalized spacial score (nSPS) is 16.1. The van der Waals surface area contributed by atoms with Crippen molar-refractivity contribution in [3.05, 3.63) is 35.9 Å². The van der Waals surface area contributed by atoms with Gasteiger partial charge in [-0.05, 0) is 31.7 Å². The van der Waals surface area contributed by atoms with Crippen molar-refractivity contribution < 1.29 is 78.9 Å². The number of carboxylic acids is 2. The molecule has 7 amide bonds. The van der Waals surface area contributed by atoms with Crippen molar-refractivity contribution in [1.29, 1.82) is 0 Å². The van der Waals surface area contributed by atoms with Crippen LogP contribution >= 0.6 is 0 Å². The molecule has 336 valence electrons. The fraction of sp³-hybridized carbons (Fsp3) is 0.583. The maximum atomic E-state index is 13.7. The van der Waals surface area contributed by atoms with Gasteiger partial charge in [0.2, 0.25) is 41.4 Å². The SMILES string of the molecule is CC(C)C[C@H](NC(=O)[C@H](Cc1ccccc1)NC(=O)[C@@H](NC(=O)[C@H](CO)NC(=O)[C@@H](NC(=O)[C@H](CO)NC(=O)[C@@H](N)CC(=O)O)[C@@H](C)O)[C@@H](C)O)C(=O)N[C@@H](CO)C(=O)O. The number of aliphatic carboxylic acids is 2. The van der Waals surface area contributed by atoms with E-state index < -0.39 is 140 Å². The van der Waals surface area contributed by atoms with Crippen LogP contribution in [0, 0.1) is 5.92 Å². The average Bonchev–Trinajstić information content (AvgIpc) is 3.17. The summed E-state index contributed by atoms with van der Waals surface area (Å²) < 4.78 is 0. The Hall–Kier alpha value is -5.79. The molecule has 1 aromatic carbocycles. The van der Waals surface area contributed by atoms with Crippen molar-refractivity contribution in [3.63, 3.8) is 0 Å². The van der Waals surface area contributed by atoms with E-state index in [4.69, 9.17) is 10.8 Å². The maximum absolute atomic E-state index is 13.7. The Balaban J connectivity index is 3.26. The number of rotatable bonds is 26. The van der Waals surface area contributed by atoms with Crippen LogP contribution in [-0.4, -0.2) is 169 Å². The van der Waals surface area contributed by atoms with E-state index >= 15 is 0 Å². The van der Waals surface area contributed by atoms with Crippen molar-refractivity contribution >= 4 is 53.3 Å². The Morgan fingerprint density at radius 3 is 1.32 bits per heavy atom. The van der Waals surface area contributed by atoms with Crippen LogP contribution in [0.5, 0.6) is 0 Å². The van der Waals surface area contributed by atoms with Gasteiger partial charge in [-0.15, -0.1) is 0 Å². The van der Waals surface area contributed by atoms with Gasteiger partial charge >= 0.3 is 11.9 Å². The Morgan fingerprint density at radius 1 is 0.533 bits per heavy atom. The summed E-state index contributed by atoms with van der Waals surface area (Å²) in [5, 5.41) is 83.2. The fourth-order valence-electron chi connectivity index (χ4n) is 5.28. The number of carbonyl (C=O) groups is 9. The van der Waals surface area contributed by atoms with E-state index in [1.54, 1.807) is 44.2 Å². The first-order chi connectivity index (χ1) is 28.1. The first kappa shape index (κ1) is 52.2. The van der Waals surface area contributed by atoms with Gasteiger partial charge < -0.3 is 78.7 Å². The molecule has 0 aliphatic rings. The van der Waals surface area contributed by atoms with Crippen LogP contribution in [0.3, 0.4) is 0 Å². The summed E-state index contributed by atoms with van der Waals surface area (Å²) in [6, 6.07) is -5.37. The summed E-state index contributed by atoms with van der Waals surface area (Å²) in [6.07, 6.45) is -4.40. The number of hydrogen-bond donors (Lipinski definition) is 15. The molecule has 1 rings (SSSR count). The number of carbonyl (C=O) groups excluding carboxylic acids is 7. The molecule has 0 aliphatic carbocycles. The summed E-state index contributed by atoms with van der Waals surface area (Å²) in [7, 11) is 0. The van der Waals surface area contributed by atoms with Crippen molar-refractivity contribution in [2.24, 2.45) is 11.7 Å².